The van der Waals surface area contributed by atoms with Crippen molar-refractivity contribution in [3.63, 3.8) is 0 Å². The Hall–Kier alpha value is -2.58. The number of aromatic nitrogens is 2. The van der Waals surface area contributed by atoms with Crippen LogP contribution in [-0.2, 0) is 22.4 Å². The van der Waals surface area contributed by atoms with E-state index in [-0.39, 0.29) is 30.7 Å². The number of carbonyl (C=O) groups is 2. The molecule has 0 fully saturated rings. The lowest BCUT2D eigenvalue weighted by Crippen LogP contribution is -2.52. The third-order valence-electron chi connectivity index (χ3n) is 4.52. The molecule has 2 amide bonds. The molecule has 138 valence electrons. The summed E-state index contributed by atoms with van der Waals surface area (Å²) in [5.74, 6) is -0.0146. The summed E-state index contributed by atoms with van der Waals surface area (Å²) < 4.78 is 0. The summed E-state index contributed by atoms with van der Waals surface area (Å²) >= 11 is 2.96. The number of hydrogen-bond donors (Lipinski definition) is 0. The molecule has 8 heteroatoms. The fourth-order valence-corrected chi connectivity index (χ4v) is 4.45. The Labute approximate surface area is 165 Å². The zero-order valence-corrected chi connectivity index (χ0v) is 16.4. The molecule has 0 spiro atoms. The Balaban J connectivity index is 1.61. The third kappa shape index (κ3) is 3.63. The molecule has 6 nitrogen and oxygen atoms in total. The Kier molecular flexibility index (Phi) is 5.00. The molecule has 0 saturated carbocycles. The van der Waals surface area contributed by atoms with Crippen molar-refractivity contribution in [3.05, 3.63) is 57.4 Å². The second-order valence-electron chi connectivity index (χ2n) is 6.42. The van der Waals surface area contributed by atoms with Crippen LogP contribution in [0.1, 0.15) is 18.3 Å². The molecule has 0 radical (unpaired) electrons. The van der Waals surface area contributed by atoms with Gasteiger partial charge in [-0.15, -0.1) is 22.7 Å². The Morgan fingerprint density at radius 1 is 1.00 bits per heavy atom. The van der Waals surface area contributed by atoms with Gasteiger partial charge in [0.25, 0.3) is 0 Å². The molecule has 0 aliphatic carbocycles. The van der Waals surface area contributed by atoms with Gasteiger partial charge in [0, 0.05) is 17.3 Å². The van der Waals surface area contributed by atoms with Crippen LogP contribution in [0.5, 0.6) is 0 Å². The molecule has 2 aromatic heterocycles. The second-order valence-corrected chi connectivity index (χ2v) is 7.86. The fourth-order valence-electron chi connectivity index (χ4n) is 3.33. The van der Waals surface area contributed by atoms with E-state index < -0.39 is 0 Å². The molecular weight excluding hydrogens is 380 g/mol. The van der Waals surface area contributed by atoms with E-state index in [4.69, 9.17) is 0 Å². The molecular formula is C19H18N4O2S2. The zero-order chi connectivity index (χ0) is 18.8. The smallest absolute Gasteiger partial charge is 0.233 e. The summed E-state index contributed by atoms with van der Waals surface area (Å²) in [5.41, 5.74) is 6.54. The van der Waals surface area contributed by atoms with Gasteiger partial charge in [-0.2, -0.15) is 0 Å². The first-order valence-electron chi connectivity index (χ1n) is 8.59. The van der Waals surface area contributed by atoms with Gasteiger partial charge in [0.15, 0.2) is 0 Å². The van der Waals surface area contributed by atoms with Crippen LogP contribution in [0.2, 0.25) is 0 Å². The van der Waals surface area contributed by atoms with Crippen LogP contribution in [0.15, 0.2) is 46.0 Å². The predicted molar refractivity (Wildman–Crippen MR) is 107 cm³/mol. The normalized spacial score (nSPS) is 16.3. The minimum absolute atomic E-state index is 0.00699. The van der Waals surface area contributed by atoms with E-state index in [9.17, 15) is 9.59 Å². The highest BCUT2D eigenvalue weighted by Crippen LogP contribution is 2.36. The lowest BCUT2D eigenvalue weighted by atomic mass is 10.1. The van der Waals surface area contributed by atoms with Gasteiger partial charge in [-0.3, -0.25) is 9.59 Å². The number of benzene rings is 1. The number of carbonyl (C=O) groups excluding carboxylic acids is 2. The summed E-state index contributed by atoms with van der Waals surface area (Å²) in [6, 6.07) is 7.45. The lowest BCUT2D eigenvalue weighted by Gasteiger charge is -2.41. The van der Waals surface area contributed by atoms with Crippen LogP contribution in [0.4, 0.5) is 11.4 Å². The molecule has 3 heterocycles. The maximum absolute atomic E-state index is 12.9. The van der Waals surface area contributed by atoms with Crippen molar-refractivity contribution >= 4 is 45.9 Å². The molecule has 0 bridgehead atoms. The van der Waals surface area contributed by atoms with Crippen LogP contribution >= 0.6 is 22.7 Å². The van der Waals surface area contributed by atoms with Crippen LogP contribution < -0.4 is 9.80 Å². The van der Waals surface area contributed by atoms with E-state index in [0.29, 0.717) is 6.54 Å². The van der Waals surface area contributed by atoms with E-state index in [1.54, 1.807) is 20.8 Å². The van der Waals surface area contributed by atoms with Crippen LogP contribution in [-0.4, -0.2) is 34.4 Å². The summed E-state index contributed by atoms with van der Waals surface area (Å²) in [6.07, 6.45) is 0.520. The molecule has 0 N–H and O–H groups in total. The standard InChI is InChI=1S/C19H18N4O2S2/c1-13-8-22(18(24)6-14-9-26-11-20-14)16-4-2-3-5-17(16)23(13)19(25)7-15-10-27-12-21-15/h2-5,9-13H,6-8H2,1H3. The minimum Gasteiger partial charge on any atom is -0.308 e. The number of thiazole rings is 2. The topological polar surface area (TPSA) is 66.4 Å². The third-order valence-corrected chi connectivity index (χ3v) is 5.79. The Morgan fingerprint density at radius 3 is 2.19 bits per heavy atom. The highest BCUT2D eigenvalue weighted by atomic mass is 32.1. The molecule has 3 aromatic rings. The SMILES string of the molecule is CC1CN(C(=O)Cc2cscn2)c2ccccc2N1C(=O)Cc1cscn1. The fraction of sp³-hybridized carbons (Fsp3) is 0.263. The van der Waals surface area contributed by atoms with Crippen molar-refractivity contribution < 1.29 is 9.59 Å². The number of amides is 2. The van der Waals surface area contributed by atoms with E-state index >= 15 is 0 Å². The van der Waals surface area contributed by atoms with Gasteiger partial charge in [0.1, 0.15) is 0 Å². The van der Waals surface area contributed by atoms with Gasteiger partial charge < -0.3 is 9.80 Å². The number of anilines is 2. The first-order valence-corrected chi connectivity index (χ1v) is 10.5. The second kappa shape index (κ2) is 7.58. The monoisotopic (exact) mass is 398 g/mol. The summed E-state index contributed by atoms with van der Waals surface area (Å²) in [5, 5.41) is 3.78. The van der Waals surface area contributed by atoms with Gasteiger partial charge in [-0.1, -0.05) is 12.1 Å². The van der Waals surface area contributed by atoms with Crippen molar-refractivity contribution in [2.75, 3.05) is 16.3 Å². The van der Waals surface area contributed by atoms with Gasteiger partial charge in [-0.25, -0.2) is 9.97 Å². The average molecular weight is 399 g/mol. The zero-order valence-electron chi connectivity index (χ0n) is 14.7. The van der Waals surface area contributed by atoms with Gasteiger partial charge >= 0.3 is 0 Å². The van der Waals surface area contributed by atoms with E-state index in [0.717, 1.165) is 22.8 Å². The van der Waals surface area contributed by atoms with Gasteiger partial charge in [-0.05, 0) is 19.1 Å². The van der Waals surface area contributed by atoms with Crippen LogP contribution in [0.3, 0.4) is 0 Å². The highest BCUT2D eigenvalue weighted by molar-refractivity contribution is 7.07. The van der Waals surface area contributed by atoms with E-state index in [1.807, 2.05) is 41.9 Å². The van der Waals surface area contributed by atoms with Crippen molar-refractivity contribution in [2.24, 2.45) is 0 Å². The van der Waals surface area contributed by atoms with Crippen molar-refractivity contribution in [1.82, 2.24) is 9.97 Å². The highest BCUT2D eigenvalue weighted by Gasteiger charge is 2.34. The first-order chi connectivity index (χ1) is 13.1. The number of hydrogen-bond acceptors (Lipinski definition) is 6. The molecule has 0 saturated heterocycles. The quantitative estimate of drug-likeness (QED) is 0.677. The molecule has 27 heavy (non-hydrogen) atoms. The molecule has 1 aliphatic rings. The largest absolute Gasteiger partial charge is 0.308 e. The Morgan fingerprint density at radius 2 is 1.59 bits per heavy atom. The van der Waals surface area contributed by atoms with Gasteiger partial charge in [0.2, 0.25) is 11.8 Å². The number of rotatable bonds is 4. The van der Waals surface area contributed by atoms with Crippen molar-refractivity contribution in [1.29, 1.82) is 0 Å². The van der Waals surface area contributed by atoms with E-state index in [1.165, 1.54) is 22.7 Å². The molecule has 1 aromatic carbocycles. The summed E-state index contributed by atoms with van der Waals surface area (Å²) in [7, 11) is 0. The molecule has 4 rings (SSSR count). The Bertz CT molecular complexity index is 941. The van der Waals surface area contributed by atoms with Crippen LogP contribution in [0, 0.1) is 0 Å². The molecule has 1 aliphatic heterocycles. The van der Waals surface area contributed by atoms with Crippen LogP contribution in [0.25, 0.3) is 0 Å². The van der Waals surface area contributed by atoms with Crippen molar-refractivity contribution in [3.8, 4) is 0 Å². The number of nitrogens with zero attached hydrogens (tertiary/aromatic N) is 4. The average Bonchev–Trinajstić information content (AvgIpc) is 3.35. The van der Waals surface area contributed by atoms with E-state index in [2.05, 4.69) is 9.97 Å². The summed E-state index contributed by atoms with van der Waals surface area (Å²) in [6.45, 7) is 2.43. The minimum atomic E-state index is -0.120. The van der Waals surface area contributed by atoms with Crippen molar-refractivity contribution in [2.45, 2.75) is 25.8 Å². The first kappa shape index (κ1) is 17.8. The maximum atomic E-state index is 12.9. The van der Waals surface area contributed by atoms with Gasteiger partial charge in [0.05, 0.1) is 52.7 Å². The lowest BCUT2D eigenvalue weighted by molar-refractivity contribution is -0.120. The molecule has 1 atom stereocenters. The number of fused-ring (bicyclic) bond motifs is 1. The predicted octanol–water partition coefficient (Wildman–Crippen LogP) is 3.15. The number of para-hydroxylation sites is 2. The summed E-state index contributed by atoms with van der Waals surface area (Å²) in [4.78, 5) is 37.8. The maximum Gasteiger partial charge on any atom is 0.233 e. The molecule has 1 unspecified atom stereocenters.